The maximum absolute atomic E-state index is 10.8. The fraction of sp³-hybridized carbons (Fsp3) is 0. The van der Waals surface area contributed by atoms with Crippen LogP contribution in [-0.2, 0) is 0 Å². The molecule has 0 aliphatic rings. The normalized spacial score (nSPS) is 10.4. The van der Waals surface area contributed by atoms with Crippen LogP contribution in [0.25, 0.3) is 23.0 Å². The van der Waals surface area contributed by atoms with Crippen molar-refractivity contribution in [3.8, 4) is 23.0 Å². The molecule has 0 aliphatic carbocycles. The molecule has 20 heavy (non-hydrogen) atoms. The minimum Gasteiger partial charge on any atom is -0.478 e. The van der Waals surface area contributed by atoms with Gasteiger partial charge in [-0.3, -0.25) is 4.98 Å². The molecule has 98 valence electrons. The number of aromatic carboxylic acids is 1. The number of pyridine rings is 1. The highest BCUT2D eigenvalue weighted by atomic mass is 16.4. The van der Waals surface area contributed by atoms with E-state index >= 15 is 0 Å². The van der Waals surface area contributed by atoms with Crippen LogP contribution in [0.4, 0.5) is 0 Å². The fourth-order valence-corrected chi connectivity index (χ4v) is 1.69. The number of hydrogen-bond acceptors (Lipinski definition) is 5. The number of nitrogens with zero attached hydrogens (tertiary/aromatic N) is 3. The Hall–Kier alpha value is -3.02. The van der Waals surface area contributed by atoms with Gasteiger partial charge in [-0.1, -0.05) is 6.07 Å². The van der Waals surface area contributed by atoms with E-state index in [0.717, 1.165) is 0 Å². The van der Waals surface area contributed by atoms with Crippen LogP contribution in [0, 0.1) is 0 Å². The minimum absolute atomic E-state index is 0.207. The molecule has 1 aromatic carbocycles. The van der Waals surface area contributed by atoms with Gasteiger partial charge in [0.05, 0.1) is 5.56 Å². The van der Waals surface area contributed by atoms with Gasteiger partial charge in [-0.2, -0.15) is 0 Å². The third-order valence-corrected chi connectivity index (χ3v) is 2.69. The second-order valence-corrected chi connectivity index (χ2v) is 4.01. The average Bonchev–Trinajstić information content (AvgIpc) is 2.98. The summed E-state index contributed by atoms with van der Waals surface area (Å²) in [6, 6.07) is 11.6. The molecule has 0 radical (unpaired) electrons. The molecule has 0 aliphatic heterocycles. The van der Waals surface area contributed by atoms with E-state index in [1.165, 1.54) is 12.1 Å². The first-order chi connectivity index (χ1) is 9.74. The van der Waals surface area contributed by atoms with E-state index in [-0.39, 0.29) is 5.56 Å². The summed E-state index contributed by atoms with van der Waals surface area (Å²) in [4.78, 5) is 14.9. The van der Waals surface area contributed by atoms with Crippen LogP contribution in [0.5, 0.6) is 0 Å². The molecule has 0 unspecified atom stereocenters. The quantitative estimate of drug-likeness (QED) is 0.784. The molecule has 6 nitrogen and oxygen atoms in total. The molecule has 2 aromatic heterocycles. The third kappa shape index (κ3) is 2.26. The van der Waals surface area contributed by atoms with E-state index in [0.29, 0.717) is 23.0 Å². The van der Waals surface area contributed by atoms with Gasteiger partial charge >= 0.3 is 5.97 Å². The zero-order chi connectivity index (χ0) is 13.9. The Balaban J connectivity index is 1.92. The first-order valence-electron chi connectivity index (χ1n) is 5.83. The zero-order valence-electron chi connectivity index (χ0n) is 10.2. The number of carboxylic acid groups (broad SMARTS) is 1. The van der Waals surface area contributed by atoms with Crippen LogP contribution in [-0.4, -0.2) is 26.3 Å². The van der Waals surface area contributed by atoms with Crippen molar-refractivity contribution in [1.29, 1.82) is 0 Å². The summed E-state index contributed by atoms with van der Waals surface area (Å²) in [7, 11) is 0. The molecule has 0 saturated heterocycles. The molecule has 6 heteroatoms. The van der Waals surface area contributed by atoms with Gasteiger partial charge in [0, 0.05) is 11.8 Å². The van der Waals surface area contributed by atoms with Crippen LogP contribution in [0.3, 0.4) is 0 Å². The van der Waals surface area contributed by atoms with Crippen LogP contribution in [0.2, 0.25) is 0 Å². The average molecular weight is 267 g/mol. The first-order valence-corrected chi connectivity index (χ1v) is 5.83. The second kappa shape index (κ2) is 4.93. The fourth-order valence-electron chi connectivity index (χ4n) is 1.69. The number of benzene rings is 1. The highest BCUT2D eigenvalue weighted by Crippen LogP contribution is 2.22. The van der Waals surface area contributed by atoms with Gasteiger partial charge in [0.15, 0.2) is 0 Å². The lowest BCUT2D eigenvalue weighted by Gasteiger charge is -1.96. The predicted octanol–water partition coefficient (Wildman–Crippen LogP) is 2.50. The highest BCUT2D eigenvalue weighted by Gasteiger charge is 2.11. The van der Waals surface area contributed by atoms with Crippen molar-refractivity contribution in [3.63, 3.8) is 0 Å². The van der Waals surface area contributed by atoms with Crippen molar-refractivity contribution in [2.75, 3.05) is 0 Å². The van der Waals surface area contributed by atoms with Crippen molar-refractivity contribution in [2.24, 2.45) is 0 Å². The van der Waals surface area contributed by atoms with Gasteiger partial charge in [0.1, 0.15) is 5.69 Å². The molecule has 2 heterocycles. The largest absolute Gasteiger partial charge is 0.478 e. The molecule has 0 fully saturated rings. The molecule has 0 saturated carbocycles. The molecule has 3 aromatic rings. The third-order valence-electron chi connectivity index (χ3n) is 2.69. The number of rotatable bonds is 3. The summed E-state index contributed by atoms with van der Waals surface area (Å²) in [5.74, 6) is -0.332. The lowest BCUT2D eigenvalue weighted by Crippen LogP contribution is -1.94. The SMILES string of the molecule is O=C(O)c1ccc(-c2nnc(-c3ccccn3)o2)cc1. The monoisotopic (exact) mass is 267 g/mol. The molecule has 1 N–H and O–H groups in total. The smallest absolute Gasteiger partial charge is 0.335 e. The summed E-state index contributed by atoms with van der Waals surface area (Å²) >= 11 is 0. The lowest BCUT2D eigenvalue weighted by molar-refractivity contribution is 0.0697. The maximum Gasteiger partial charge on any atom is 0.335 e. The number of carbonyl (C=O) groups is 1. The Morgan fingerprint density at radius 3 is 2.40 bits per heavy atom. The lowest BCUT2D eigenvalue weighted by atomic mass is 10.1. The Morgan fingerprint density at radius 1 is 1.00 bits per heavy atom. The Morgan fingerprint density at radius 2 is 1.75 bits per heavy atom. The van der Waals surface area contributed by atoms with E-state index in [9.17, 15) is 4.79 Å². The van der Waals surface area contributed by atoms with E-state index < -0.39 is 5.97 Å². The molecule has 0 spiro atoms. The van der Waals surface area contributed by atoms with Crippen molar-refractivity contribution in [1.82, 2.24) is 15.2 Å². The predicted molar refractivity (Wildman–Crippen MR) is 69.9 cm³/mol. The van der Waals surface area contributed by atoms with E-state index in [2.05, 4.69) is 15.2 Å². The van der Waals surface area contributed by atoms with Crippen molar-refractivity contribution >= 4 is 5.97 Å². The van der Waals surface area contributed by atoms with Gasteiger partial charge in [-0.05, 0) is 36.4 Å². The molecular weight excluding hydrogens is 258 g/mol. The van der Waals surface area contributed by atoms with Gasteiger partial charge in [-0.15, -0.1) is 10.2 Å². The van der Waals surface area contributed by atoms with Crippen LogP contribution in [0.1, 0.15) is 10.4 Å². The Labute approximate surface area is 113 Å². The van der Waals surface area contributed by atoms with E-state index in [1.807, 2.05) is 6.07 Å². The standard InChI is InChI=1S/C14H9N3O3/c18-14(19)10-6-4-9(5-7-10)12-16-17-13(20-12)11-3-1-2-8-15-11/h1-8H,(H,18,19). The summed E-state index contributed by atoms with van der Waals surface area (Å²) in [6.07, 6.45) is 1.64. The topological polar surface area (TPSA) is 89.1 Å². The van der Waals surface area contributed by atoms with E-state index in [4.69, 9.17) is 9.52 Å². The van der Waals surface area contributed by atoms with Crippen LogP contribution >= 0.6 is 0 Å². The summed E-state index contributed by atoms with van der Waals surface area (Å²) in [5, 5.41) is 16.7. The van der Waals surface area contributed by atoms with Crippen molar-refractivity contribution in [3.05, 3.63) is 54.2 Å². The van der Waals surface area contributed by atoms with Gasteiger partial charge in [0.2, 0.25) is 5.89 Å². The first kappa shape index (κ1) is 12.0. The summed E-state index contributed by atoms with van der Waals surface area (Å²) in [5.41, 5.74) is 1.45. The summed E-state index contributed by atoms with van der Waals surface area (Å²) in [6.45, 7) is 0. The van der Waals surface area contributed by atoms with E-state index in [1.54, 1.807) is 30.5 Å². The summed E-state index contributed by atoms with van der Waals surface area (Å²) < 4.78 is 5.52. The van der Waals surface area contributed by atoms with Gasteiger partial charge in [-0.25, -0.2) is 4.79 Å². The van der Waals surface area contributed by atoms with Gasteiger partial charge in [0.25, 0.3) is 5.89 Å². The molecule has 0 bridgehead atoms. The van der Waals surface area contributed by atoms with Crippen LogP contribution in [0.15, 0.2) is 53.1 Å². The minimum atomic E-state index is -0.976. The highest BCUT2D eigenvalue weighted by molar-refractivity contribution is 5.88. The second-order valence-electron chi connectivity index (χ2n) is 4.01. The van der Waals surface area contributed by atoms with Crippen molar-refractivity contribution < 1.29 is 14.3 Å². The molecule has 0 atom stereocenters. The van der Waals surface area contributed by atoms with Gasteiger partial charge < -0.3 is 9.52 Å². The molecular formula is C14H9N3O3. The molecule has 3 rings (SSSR count). The maximum atomic E-state index is 10.8. The number of aromatic nitrogens is 3. The van der Waals surface area contributed by atoms with Crippen molar-refractivity contribution in [2.45, 2.75) is 0 Å². The Kier molecular flexibility index (Phi) is 2.96. The molecule has 0 amide bonds. The van der Waals surface area contributed by atoms with Crippen LogP contribution < -0.4 is 0 Å². The number of carboxylic acids is 1. The zero-order valence-corrected chi connectivity index (χ0v) is 10.2. The number of hydrogen-bond donors (Lipinski definition) is 1. The Bertz CT molecular complexity index is 736.